The second kappa shape index (κ2) is 6.29. The summed E-state index contributed by atoms with van der Waals surface area (Å²) in [6.45, 7) is 2.78. The summed E-state index contributed by atoms with van der Waals surface area (Å²) in [6.07, 6.45) is 2.54. The average molecular weight is 319 g/mol. The Hall–Kier alpha value is 0.0600. The standard InChI is InChI=1S/C12H19BrN2OS/c1-16-10-2-4-15(9(6-10)7-14)8-12-11(13)3-5-17-12/h3,5,9-10H,2,4,6-8,14H2,1H3. The van der Waals surface area contributed by atoms with Gasteiger partial charge in [-0.15, -0.1) is 11.3 Å². The molecular formula is C12H19BrN2OS. The van der Waals surface area contributed by atoms with Crippen LogP contribution in [0.4, 0.5) is 0 Å². The maximum atomic E-state index is 5.87. The average Bonchev–Trinajstić information content (AvgIpc) is 2.75. The molecule has 1 fully saturated rings. The number of methoxy groups -OCH3 is 1. The highest BCUT2D eigenvalue weighted by atomic mass is 79.9. The van der Waals surface area contributed by atoms with E-state index in [4.69, 9.17) is 10.5 Å². The molecule has 0 amide bonds. The zero-order chi connectivity index (χ0) is 12.3. The molecule has 1 aliphatic rings. The summed E-state index contributed by atoms with van der Waals surface area (Å²) in [4.78, 5) is 3.87. The van der Waals surface area contributed by atoms with Crippen LogP contribution in [0.2, 0.25) is 0 Å². The van der Waals surface area contributed by atoms with E-state index < -0.39 is 0 Å². The van der Waals surface area contributed by atoms with E-state index in [2.05, 4.69) is 32.3 Å². The van der Waals surface area contributed by atoms with E-state index in [1.54, 1.807) is 18.4 Å². The highest BCUT2D eigenvalue weighted by Crippen LogP contribution is 2.27. The van der Waals surface area contributed by atoms with Crippen molar-refractivity contribution in [3.05, 3.63) is 20.8 Å². The molecule has 2 N–H and O–H groups in total. The Kier molecular flexibility index (Phi) is 4.99. The van der Waals surface area contributed by atoms with E-state index in [-0.39, 0.29) is 0 Å². The SMILES string of the molecule is COC1CCN(Cc2sccc2Br)C(CN)C1. The fourth-order valence-electron chi connectivity index (χ4n) is 2.35. The molecular weight excluding hydrogens is 300 g/mol. The van der Waals surface area contributed by atoms with Crippen LogP contribution < -0.4 is 5.73 Å². The summed E-state index contributed by atoms with van der Waals surface area (Å²) in [5, 5.41) is 2.12. The molecule has 2 atom stereocenters. The van der Waals surface area contributed by atoms with E-state index in [1.807, 2.05) is 0 Å². The van der Waals surface area contributed by atoms with E-state index in [9.17, 15) is 0 Å². The van der Waals surface area contributed by atoms with Crippen LogP contribution in [-0.2, 0) is 11.3 Å². The van der Waals surface area contributed by atoms with Gasteiger partial charge in [0, 0.05) is 42.1 Å². The first-order chi connectivity index (χ1) is 8.24. The highest BCUT2D eigenvalue weighted by molar-refractivity contribution is 9.10. The molecule has 3 nitrogen and oxygen atoms in total. The minimum Gasteiger partial charge on any atom is -0.381 e. The number of nitrogens with zero attached hydrogens (tertiary/aromatic N) is 1. The fourth-order valence-corrected chi connectivity index (χ4v) is 3.85. The predicted octanol–water partition coefficient (Wildman–Crippen LogP) is 2.45. The van der Waals surface area contributed by atoms with Crippen molar-refractivity contribution >= 4 is 27.3 Å². The van der Waals surface area contributed by atoms with Crippen LogP contribution in [0.5, 0.6) is 0 Å². The van der Waals surface area contributed by atoms with Crippen LogP contribution in [0.25, 0.3) is 0 Å². The van der Waals surface area contributed by atoms with Crippen molar-refractivity contribution in [1.29, 1.82) is 0 Å². The molecule has 2 rings (SSSR count). The zero-order valence-corrected chi connectivity index (χ0v) is 12.5. The lowest BCUT2D eigenvalue weighted by molar-refractivity contribution is 0.0105. The zero-order valence-electron chi connectivity index (χ0n) is 10.1. The van der Waals surface area contributed by atoms with Gasteiger partial charge in [-0.2, -0.15) is 0 Å². The first-order valence-corrected chi connectivity index (χ1v) is 7.60. The van der Waals surface area contributed by atoms with Crippen LogP contribution in [0.1, 0.15) is 17.7 Å². The first kappa shape index (κ1) is 13.5. The molecule has 1 aliphatic heterocycles. The maximum Gasteiger partial charge on any atom is 0.0599 e. The summed E-state index contributed by atoms with van der Waals surface area (Å²) >= 11 is 5.39. The second-order valence-electron chi connectivity index (χ2n) is 4.43. The van der Waals surface area contributed by atoms with Gasteiger partial charge in [0.25, 0.3) is 0 Å². The molecule has 0 aliphatic carbocycles. The van der Waals surface area contributed by atoms with E-state index in [0.29, 0.717) is 18.7 Å². The van der Waals surface area contributed by atoms with Crippen molar-refractivity contribution in [2.24, 2.45) is 5.73 Å². The molecule has 96 valence electrons. The monoisotopic (exact) mass is 318 g/mol. The molecule has 1 aromatic heterocycles. The molecule has 17 heavy (non-hydrogen) atoms. The minimum atomic E-state index is 0.381. The minimum absolute atomic E-state index is 0.381. The Morgan fingerprint density at radius 3 is 3.06 bits per heavy atom. The Labute approximate surface area is 115 Å². The lowest BCUT2D eigenvalue weighted by Crippen LogP contribution is -2.47. The van der Waals surface area contributed by atoms with Crippen LogP contribution >= 0.6 is 27.3 Å². The van der Waals surface area contributed by atoms with Gasteiger partial charge in [-0.05, 0) is 40.2 Å². The molecule has 0 spiro atoms. The summed E-state index contributed by atoms with van der Waals surface area (Å²) in [5.74, 6) is 0. The number of likely N-dealkylation sites (tertiary alicyclic amines) is 1. The van der Waals surface area contributed by atoms with Crippen molar-refractivity contribution in [1.82, 2.24) is 4.90 Å². The van der Waals surface area contributed by atoms with Crippen molar-refractivity contribution in [2.45, 2.75) is 31.5 Å². The van der Waals surface area contributed by atoms with Gasteiger partial charge in [0.05, 0.1) is 6.10 Å². The van der Waals surface area contributed by atoms with E-state index >= 15 is 0 Å². The molecule has 0 bridgehead atoms. The number of hydrogen-bond acceptors (Lipinski definition) is 4. The highest BCUT2D eigenvalue weighted by Gasteiger charge is 2.27. The number of halogens is 1. The molecule has 5 heteroatoms. The second-order valence-corrected chi connectivity index (χ2v) is 6.29. The van der Waals surface area contributed by atoms with Crippen LogP contribution in [0, 0.1) is 0 Å². The Morgan fingerprint density at radius 1 is 1.65 bits per heavy atom. The predicted molar refractivity (Wildman–Crippen MR) is 75.3 cm³/mol. The van der Waals surface area contributed by atoms with Gasteiger partial charge >= 0.3 is 0 Å². The van der Waals surface area contributed by atoms with Gasteiger partial charge < -0.3 is 10.5 Å². The van der Waals surface area contributed by atoms with Gasteiger partial charge in [0.2, 0.25) is 0 Å². The number of thiophene rings is 1. The summed E-state index contributed by atoms with van der Waals surface area (Å²) in [7, 11) is 1.80. The smallest absolute Gasteiger partial charge is 0.0599 e. The third-order valence-electron chi connectivity index (χ3n) is 3.43. The molecule has 0 aromatic carbocycles. The van der Waals surface area contributed by atoms with Crippen molar-refractivity contribution < 1.29 is 4.74 Å². The van der Waals surface area contributed by atoms with Crippen molar-refractivity contribution in [2.75, 3.05) is 20.2 Å². The lowest BCUT2D eigenvalue weighted by Gasteiger charge is -2.38. The Balaban J connectivity index is 1.98. The molecule has 0 radical (unpaired) electrons. The van der Waals surface area contributed by atoms with Gasteiger partial charge in [-0.3, -0.25) is 4.90 Å². The summed E-state index contributed by atoms with van der Waals surface area (Å²) < 4.78 is 6.66. The number of piperidine rings is 1. The molecule has 1 saturated heterocycles. The third-order valence-corrected chi connectivity index (χ3v) is 5.34. The third kappa shape index (κ3) is 3.29. The van der Waals surface area contributed by atoms with Gasteiger partial charge in [0.1, 0.15) is 0 Å². The number of hydrogen-bond donors (Lipinski definition) is 1. The summed E-state index contributed by atoms with van der Waals surface area (Å²) in [6, 6.07) is 2.56. The van der Waals surface area contributed by atoms with Gasteiger partial charge in [-0.25, -0.2) is 0 Å². The Bertz CT molecular complexity index is 358. The summed E-state index contributed by atoms with van der Waals surface area (Å²) in [5.41, 5.74) is 5.87. The molecule has 2 heterocycles. The lowest BCUT2D eigenvalue weighted by atomic mass is 9.99. The molecule has 0 saturated carbocycles. The Morgan fingerprint density at radius 2 is 2.47 bits per heavy atom. The quantitative estimate of drug-likeness (QED) is 0.926. The van der Waals surface area contributed by atoms with Crippen molar-refractivity contribution in [3.8, 4) is 0 Å². The number of nitrogens with two attached hydrogens (primary N) is 1. The van der Waals surface area contributed by atoms with Gasteiger partial charge in [0.15, 0.2) is 0 Å². The normalized spacial score (nSPS) is 26.3. The van der Waals surface area contributed by atoms with E-state index in [0.717, 1.165) is 25.9 Å². The topological polar surface area (TPSA) is 38.5 Å². The largest absolute Gasteiger partial charge is 0.381 e. The molecule has 1 aromatic rings. The number of rotatable bonds is 4. The van der Waals surface area contributed by atoms with Crippen LogP contribution in [0.15, 0.2) is 15.9 Å². The van der Waals surface area contributed by atoms with E-state index in [1.165, 1.54) is 9.35 Å². The van der Waals surface area contributed by atoms with Crippen LogP contribution in [-0.4, -0.2) is 37.2 Å². The van der Waals surface area contributed by atoms with Gasteiger partial charge in [-0.1, -0.05) is 0 Å². The van der Waals surface area contributed by atoms with Crippen molar-refractivity contribution in [3.63, 3.8) is 0 Å². The first-order valence-electron chi connectivity index (χ1n) is 5.93. The fraction of sp³-hybridized carbons (Fsp3) is 0.667. The van der Waals surface area contributed by atoms with Crippen LogP contribution in [0.3, 0.4) is 0 Å². The number of ether oxygens (including phenoxy) is 1. The maximum absolute atomic E-state index is 5.87. The molecule has 2 unspecified atom stereocenters.